The van der Waals surface area contributed by atoms with Crippen molar-refractivity contribution in [1.82, 2.24) is 0 Å². The Morgan fingerprint density at radius 1 is 1.10 bits per heavy atom. The van der Waals surface area contributed by atoms with E-state index in [4.69, 9.17) is 0 Å². The summed E-state index contributed by atoms with van der Waals surface area (Å²) in [4.78, 5) is 0.485. The Morgan fingerprint density at radius 3 is 2.33 bits per heavy atom. The number of hydrogen-bond donors (Lipinski definition) is 1. The second kappa shape index (κ2) is 6.76. The first-order valence-electron chi connectivity index (χ1n) is 5.70. The molecule has 2 rings (SSSR count). The normalized spacial score (nSPS) is 11.6. The zero-order valence-electron chi connectivity index (χ0n) is 10.5. The van der Waals surface area contributed by atoms with E-state index in [-0.39, 0.29) is 4.90 Å². The van der Waals surface area contributed by atoms with Gasteiger partial charge in [0.1, 0.15) is 0 Å². The molecule has 0 spiro atoms. The average Bonchev–Trinajstić information content (AvgIpc) is 2.40. The summed E-state index contributed by atoms with van der Waals surface area (Å²) >= 11 is 3.61. The van der Waals surface area contributed by atoms with Gasteiger partial charge in [-0.3, -0.25) is 4.72 Å². The molecule has 112 valence electrons. The van der Waals surface area contributed by atoms with Gasteiger partial charge in [0.2, 0.25) is 0 Å². The molecular formula is C13H10BrF2NO2S2. The van der Waals surface area contributed by atoms with Crippen LogP contribution in [0.5, 0.6) is 0 Å². The zero-order chi connectivity index (χ0) is 15.5. The first-order valence-corrected chi connectivity index (χ1v) is 8.86. The fourth-order valence-corrected chi connectivity index (χ4v) is 3.71. The minimum Gasteiger partial charge on any atom is -0.280 e. The molecule has 0 fully saturated rings. The second-order valence-corrected chi connectivity index (χ2v) is 7.63. The third-order valence-electron chi connectivity index (χ3n) is 2.44. The Labute approximate surface area is 133 Å². The van der Waals surface area contributed by atoms with Crippen LogP contribution in [-0.4, -0.2) is 14.2 Å². The minimum atomic E-state index is -3.71. The monoisotopic (exact) mass is 393 g/mol. The van der Waals surface area contributed by atoms with Crippen LogP contribution in [0.4, 0.5) is 14.5 Å². The highest BCUT2D eigenvalue weighted by atomic mass is 79.9. The SMILES string of the molecule is O=S(=O)(Nc1ccc(SC(F)F)cc1)c1cccc(Br)c1. The number of hydrogen-bond acceptors (Lipinski definition) is 3. The third-order valence-corrected chi connectivity index (χ3v) is 5.03. The highest BCUT2D eigenvalue weighted by Crippen LogP contribution is 2.27. The van der Waals surface area contributed by atoms with Gasteiger partial charge < -0.3 is 0 Å². The Kier molecular flexibility index (Phi) is 5.23. The molecule has 0 saturated heterocycles. The molecule has 0 heterocycles. The van der Waals surface area contributed by atoms with Gasteiger partial charge in [-0.05, 0) is 42.5 Å². The van der Waals surface area contributed by atoms with E-state index in [1.807, 2.05) is 0 Å². The molecule has 0 unspecified atom stereocenters. The van der Waals surface area contributed by atoms with E-state index in [2.05, 4.69) is 20.7 Å². The van der Waals surface area contributed by atoms with Gasteiger partial charge >= 0.3 is 0 Å². The van der Waals surface area contributed by atoms with Crippen LogP contribution >= 0.6 is 27.7 Å². The van der Waals surface area contributed by atoms with E-state index in [9.17, 15) is 17.2 Å². The quantitative estimate of drug-likeness (QED) is 0.757. The van der Waals surface area contributed by atoms with Crippen LogP contribution < -0.4 is 4.72 Å². The predicted molar refractivity (Wildman–Crippen MR) is 83.3 cm³/mol. The van der Waals surface area contributed by atoms with Crippen molar-refractivity contribution in [2.45, 2.75) is 15.5 Å². The maximum Gasteiger partial charge on any atom is 0.288 e. The third kappa shape index (κ3) is 4.69. The molecule has 0 aromatic heterocycles. The predicted octanol–water partition coefficient (Wildman–Crippen LogP) is 4.56. The lowest BCUT2D eigenvalue weighted by atomic mass is 10.3. The molecule has 0 amide bonds. The molecule has 2 aromatic rings. The summed E-state index contributed by atoms with van der Waals surface area (Å²) in [6, 6.07) is 12.0. The van der Waals surface area contributed by atoms with Crippen molar-refractivity contribution in [3.8, 4) is 0 Å². The average molecular weight is 394 g/mol. The highest BCUT2D eigenvalue weighted by molar-refractivity contribution is 9.10. The van der Waals surface area contributed by atoms with Gasteiger partial charge in [0.15, 0.2) is 0 Å². The molecule has 0 aliphatic heterocycles. The lowest BCUT2D eigenvalue weighted by molar-refractivity contribution is 0.252. The van der Waals surface area contributed by atoms with Gasteiger partial charge in [-0.25, -0.2) is 8.42 Å². The van der Waals surface area contributed by atoms with Crippen LogP contribution in [0.15, 0.2) is 62.8 Å². The lowest BCUT2D eigenvalue weighted by Crippen LogP contribution is -2.12. The largest absolute Gasteiger partial charge is 0.288 e. The Hall–Kier alpha value is -1.12. The van der Waals surface area contributed by atoms with Crippen molar-refractivity contribution >= 4 is 43.4 Å². The number of benzene rings is 2. The van der Waals surface area contributed by atoms with Gasteiger partial charge in [0.05, 0.1) is 4.90 Å². The van der Waals surface area contributed by atoms with E-state index >= 15 is 0 Å². The number of nitrogens with one attached hydrogen (secondary N) is 1. The first kappa shape index (κ1) is 16.3. The van der Waals surface area contributed by atoms with Crippen LogP contribution in [-0.2, 0) is 10.0 Å². The van der Waals surface area contributed by atoms with Crippen LogP contribution in [0.1, 0.15) is 0 Å². The van der Waals surface area contributed by atoms with Crippen molar-refractivity contribution < 1.29 is 17.2 Å². The van der Waals surface area contributed by atoms with E-state index in [0.717, 1.165) is 0 Å². The molecule has 8 heteroatoms. The van der Waals surface area contributed by atoms with E-state index in [1.165, 1.54) is 36.4 Å². The lowest BCUT2D eigenvalue weighted by Gasteiger charge is -2.09. The number of rotatable bonds is 5. The fourth-order valence-electron chi connectivity index (χ4n) is 1.55. The van der Waals surface area contributed by atoms with Gasteiger partial charge in [-0.15, -0.1) is 0 Å². The number of anilines is 1. The highest BCUT2D eigenvalue weighted by Gasteiger charge is 2.14. The van der Waals surface area contributed by atoms with Gasteiger partial charge in [0.25, 0.3) is 15.8 Å². The number of alkyl halides is 2. The molecule has 0 atom stereocenters. The second-order valence-electron chi connectivity index (χ2n) is 3.97. The zero-order valence-corrected chi connectivity index (χ0v) is 13.7. The molecule has 1 N–H and O–H groups in total. The van der Waals surface area contributed by atoms with Crippen molar-refractivity contribution in [3.63, 3.8) is 0 Å². The summed E-state index contributed by atoms with van der Waals surface area (Å²) in [5.41, 5.74) is 0.314. The molecule has 0 bridgehead atoms. The van der Waals surface area contributed by atoms with Crippen LogP contribution in [0.3, 0.4) is 0 Å². The van der Waals surface area contributed by atoms with E-state index in [1.54, 1.807) is 12.1 Å². The molecule has 3 nitrogen and oxygen atoms in total. The first-order chi connectivity index (χ1) is 9.87. The standard InChI is InChI=1S/C13H10BrF2NO2S2/c14-9-2-1-3-12(8-9)21(18,19)17-10-4-6-11(7-5-10)20-13(15)16/h1-8,13,17H. The van der Waals surface area contributed by atoms with Gasteiger partial charge in [0, 0.05) is 15.1 Å². The Morgan fingerprint density at radius 2 is 1.76 bits per heavy atom. The summed E-state index contributed by atoms with van der Waals surface area (Å²) < 4.78 is 51.8. The number of thioether (sulfide) groups is 1. The topological polar surface area (TPSA) is 46.2 Å². The Balaban J connectivity index is 2.17. The Bertz CT molecular complexity index is 721. The summed E-state index contributed by atoms with van der Waals surface area (Å²) in [6.45, 7) is 0. The summed E-state index contributed by atoms with van der Waals surface area (Å²) in [5, 5.41) is 0. The fraction of sp³-hybridized carbons (Fsp3) is 0.0769. The van der Waals surface area contributed by atoms with Crippen molar-refractivity contribution in [1.29, 1.82) is 0 Å². The molecule has 0 aliphatic rings. The van der Waals surface area contributed by atoms with Crippen molar-refractivity contribution in [2.24, 2.45) is 0 Å². The molecule has 0 aliphatic carbocycles. The molecule has 0 radical (unpaired) electrons. The number of halogens is 3. The number of sulfonamides is 1. The molecular weight excluding hydrogens is 384 g/mol. The van der Waals surface area contributed by atoms with Gasteiger partial charge in [-0.1, -0.05) is 33.8 Å². The summed E-state index contributed by atoms with van der Waals surface area (Å²) in [6.07, 6.45) is 0. The molecule has 21 heavy (non-hydrogen) atoms. The van der Waals surface area contributed by atoms with Gasteiger partial charge in [-0.2, -0.15) is 8.78 Å². The van der Waals surface area contributed by atoms with Crippen LogP contribution in [0.25, 0.3) is 0 Å². The van der Waals surface area contributed by atoms with E-state index in [0.29, 0.717) is 26.8 Å². The minimum absolute atomic E-state index is 0.114. The molecule has 2 aromatic carbocycles. The smallest absolute Gasteiger partial charge is 0.280 e. The van der Waals surface area contributed by atoms with Crippen molar-refractivity contribution in [3.05, 3.63) is 53.0 Å². The van der Waals surface area contributed by atoms with Crippen LogP contribution in [0.2, 0.25) is 0 Å². The van der Waals surface area contributed by atoms with Crippen molar-refractivity contribution in [2.75, 3.05) is 4.72 Å². The summed E-state index contributed by atoms with van der Waals surface area (Å²) in [7, 11) is -3.71. The van der Waals surface area contributed by atoms with E-state index < -0.39 is 15.8 Å². The van der Waals surface area contributed by atoms with Crippen LogP contribution in [0, 0.1) is 0 Å². The summed E-state index contributed by atoms with van der Waals surface area (Å²) in [5.74, 6) is -2.51. The maximum absolute atomic E-state index is 12.2. The maximum atomic E-state index is 12.2. The molecule has 0 saturated carbocycles.